The van der Waals surface area contributed by atoms with Gasteiger partial charge in [-0.05, 0) is 54.3 Å². The summed E-state index contributed by atoms with van der Waals surface area (Å²) in [4.78, 5) is 21.4. The van der Waals surface area contributed by atoms with E-state index in [1.54, 1.807) is 39.0 Å². The van der Waals surface area contributed by atoms with Gasteiger partial charge in [0.2, 0.25) is 5.75 Å². The zero-order valence-corrected chi connectivity index (χ0v) is 21.3. The monoisotopic (exact) mass is 504 g/mol. The lowest BCUT2D eigenvalue weighted by Gasteiger charge is -2.15. The van der Waals surface area contributed by atoms with Crippen molar-refractivity contribution in [3.05, 3.63) is 64.8 Å². The topological polar surface area (TPSA) is 94.6 Å². The first kappa shape index (κ1) is 23.9. The van der Waals surface area contributed by atoms with E-state index in [-0.39, 0.29) is 5.91 Å². The Bertz CT molecular complexity index is 1370. The molecule has 1 fully saturated rings. The third kappa shape index (κ3) is 5.06. The first-order valence-electron chi connectivity index (χ1n) is 11.8. The molecule has 4 aromatic rings. The standard InChI is InChI=1S/C27H28N4O4S/c1-33-21-12-20(13-22(34-2)24(21)35-3)30-26-25-23(28-15-29-26)18(14-36-25)8-7-16-5-4-6-17(11-16)27(32)31-19-9-10-19/h4-6,11-15,19H,7-10H2,1-3H3,(H,31,32)(H,28,29,30). The van der Waals surface area contributed by atoms with Crippen LogP contribution < -0.4 is 24.8 Å². The Morgan fingerprint density at radius 2 is 1.81 bits per heavy atom. The highest BCUT2D eigenvalue weighted by atomic mass is 32.1. The number of nitrogens with one attached hydrogen (secondary N) is 2. The van der Waals surface area contributed by atoms with E-state index in [1.165, 1.54) is 0 Å². The molecule has 2 heterocycles. The molecule has 0 bridgehead atoms. The summed E-state index contributed by atoms with van der Waals surface area (Å²) in [6.45, 7) is 0. The fourth-order valence-electron chi connectivity index (χ4n) is 4.10. The second kappa shape index (κ2) is 10.4. The summed E-state index contributed by atoms with van der Waals surface area (Å²) in [5.41, 5.74) is 4.68. The average molecular weight is 505 g/mol. The van der Waals surface area contributed by atoms with Crippen molar-refractivity contribution in [3.63, 3.8) is 0 Å². The van der Waals surface area contributed by atoms with Gasteiger partial charge in [-0.1, -0.05) is 12.1 Å². The molecule has 1 amide bonds. The number of carbonyl (C=O) groups excluding carboxylic acids is 1. The van der Waals surface area contributed by atoms with E-state index in [0.29, 0.717) is 34.7 Å². The molecule has 36 heavy (non-hydrogen) atoms. The molecule has 8 nitrogen and oxygen atoms in total. The highest BCUT2D eigenvalue weighted by Gasteiger charge is 2.23. The molecule has 0 radical (unpaired) electrons. The van der Waals surface area contributed by atoms with Crippen molar-refractivity contribution >= 4 is 39.0 Å². The number of aryl methyl sites for hydroxylation is 2. The Kier molecular flexibility index (Phi) is 6.90. The van der Waals surface area contributed by atoms with Gasteiger partial charge in [-0.2, -0.15) is 0 Å². The smallest absolute Gasteiger partial charge is 0.251 e. The molecule has 5 rings (SSSR count). The van der Waals surface area contributed by atoms with Gasteiger partial charge in [0.1, 0.15) is 6.33 Å². The van der Waals surface area contributed by atoms with Gasteiger partial charge in [0.15, 0.2) is 17.3 Å². The average Bonchev–Trinajstić information content (AvgIpc) is 3.63. The third-order valence-electron chi connectivity index (χ3n) is 6.14. The Morgan fingerprint density at radius 3 is 2.50 bits per heavy atom. The van der Waals surface area contributed by atoms with Gasteiger partial charge in [0.25, 0.3) is 5.91 Å². The van der Waals surface area contributed by atoms with E-state index in [2.05, 4.69) is 32.0 Å². The number of anilines is 2. The summed E-state index contributed by atoms with van der Waals surface area (Å²) in [6.07, 6.45) is 5.36. The van der Waals surface area contributed by atoms with Crippen LogP contribution in [0.4, 0.5) is 11.5 Å². The summed E-state index contributed by atoms with van der Waals surface area (Å²) in [5, 5.41) is 8.56. The van der Waals surface area contributed by atoms with E-state index < -0.39 is 0 Å². The molecular formula is C27H28N4O4S. The van der Waals surface area contributed by atoms with Gasteiger partial charge >= 0.3 is 0 Å². The van der Waals surface area contributed by atoms with Crippen molar-refractivity contribution in [2.75, 3.05) is 26.6 Å². The van der Waals surface area contributed by atoms with Gasteiger partial charge in [-0.15, -0.1) is 11.3 Å². The van der Waals surface area contributed by atoms with E-state index in [9.17, 15) is 4.79 Å². The van der Waals surface area contributed by atoms with Crippen LogP contribution in [0, 0.1) is 0 Å². The third-order valence-corrected chi connectivity index (χ3v) is 7.16. The molecule has 9 heteroatoms. The van der Waals surface area contributed by atoms with Crippen LogP contribution in [0.25, 0.3) is 10.2 Å². The van der Waals surface area contributed by atoms with Crippen LogP contribution in [0.15, 0.2) is 48.1 Å². The number of carbonyl (C=O) groups is 1. The number of hydrogen-bond donors (Lipinski definition) is 2. The minimum absolute atomic E-state index is 0.00980. The molecule has 0 spiro atoms. The van der Waals surface area contributed by atoms with Crippen LogP contribution in [0.5, 0.6) is 17.2 Å². The van der Waals surface area contributed by atoms with E-state index in [1.807, 2.05) is 30.3 Å². The largest absolute Gasteiger partial charge is 0.493 e. The number of amides is 1. The van der Waals surface area contributed by atoms with Crippen molar-refractivity contribution in [3.8, 4) is 17.2 Å². The number of benzene rings is 2. The minimum atomic E-state index is 0.00980. The SMILES string of the molecule is COc1cc(Nc2ncnc3c(CCc4cccc(C(=O)NC5CC5)c4)csc23)cc(OC)c1OC. The maximum Gasteiger partial charge on any atom is 0.251 e. The summed E-state index contributed by atoms with van der Waals surface area (Å²) < 4.78 is 17.3. The molecule has 2 aromatic heterocycles. The number of nitrogens with zero attached hydrogens (tertiary/aromatic N) is 2. The van der Waals surface area contributed by atoms with Gasteiger partial charge < -0.3 is 24.8 Å². The minimum Gasteiger partial charge on any atom is -0.493 e. The normalized spacial score (nSPS) is 12.9. The van der Waals surface area contributed by atoms with Crippen molar-refractivity contribution < 1.29 is 19.0 Å². The predicted molar refractivity (Wildman–Crippen MR) is 141 cm³/mol. The Hall–Kier alpha value is -3.85. The van der Waals surface area contributed by atoms with Crippen molar-refractivity contribution in [1.29, 1.82) is 0 Å². The molecule has 0 saturated heterocycles. The lowest BCUT2D eigenvalue weighted by atomic mass is 10.0. The summed E-state index contributed by atoms with van der Waals surface area (Å²) in [6, 6.07) is 11.9. The van der Waals surface area contributed by atoms with E-state index in [4.69, 9.17) is 14.2 Å². The molecule has 1 aliphatic carbocycles. The highest BCUT2D eigenvalue weighted by molar-refractivity contribution is 7.18. The van der Waals surface area contributed by atoms with Crippen LogP contribution in [0.3, 0.4) is 0 Å². The Balaban J connectivity index is 1.34. The predicted octanol–water partition coefficient (Wildman–Crippen LogP) is 5.14. The fraction of sp³-hybridized carbons (Fsp3) is 0.296. The second-order valence-electron chi connectivity index (χ2n) is 8.65. The maximum absolute atomic E-state index is 12.4. The van der Waals surface area contributed by atoms with Crippen LogP contribution in [0.1, 0.15) is 34.3 Å². The molecule has 0 unspecified atom stereocenters. The molecule has 186 valence electrons. The maximum atomic E-state index is 12.4. The first-order chi connectivity index (χ1) is 17.6. The van der Waals surface area contributed by atoms with Crippen molar-refractivity contribution in [1.82, 2.24) is 15.3 Å². The molecule has 0 atom stereocenters. The van der Waals surface area contributed by atoms with Gasteiger partial charge in [0, 0.05) is 29.4 Å². The fourth-order valence-corrected chi connectivity index (χ4v) is 5.10. The number of aromatic nitrogens is 2. The zero-order valence-electron chi connectivity index (χ0n) is 20.5. The van der Waals surface area contributed by atoms with Gasteiger partial charge in [0.05, 0.1) is 31.5 Å². The molecule has 0 aliphatic heterocycles. The summed E-state index contributed by atoms with van der Waals surface area (Å²) in [5.74, 6) is 2.37. The van der Waals surface area contributed by atoms with Gasteiger partial charge in [-0.3, -0.25) is 4.79 Å². The summed E-state index contributed by atoms with van der Waals surface area (Å²) in [7, 11) is 4.75. The molecule has 2 N–H and O–H groups in total. The number of fused-ring (bicyclic) bond motifs is 1. The lowest BCUT2D eigenvalue weighted by Crippen LogP contribution is -2.25. The molecule has 1 saturated carbocycles. The second-order valence-corrected chi connectivity index (χ2v) is 9.53. The van der Waals surface area contributed by atoms with Crippen LogP contribution in [-0.4, -0.2) is 43.2 Å². The first-order valence-corrected chi connectivity index (χ1v) is 12.7. The van der Waals surface area contributed by atoms with Crippen LogP contribution in [0.2, 0.25) is 0 Å². The van der Waals surface area contributed by atoms with Crippen molar-refractivity contribution in [2.45, 2.75) is 31.7 Å². The summed E-state index contributed by atoms with van der Waals surface area (Å²) >= 11 is 1.61. The number of hydrogen-bond acceptors (Lipinski definition) is 8. The Morgan fingerprint density at radius 1 is 1.03 bits per heavy atom. The molecular weight excluding hydrogens is 476 g/mol. The van der Waals surface area contributed by atoms with Crippen LogP contribution in [-0.2, 0) is 12.8 Å². The molecule has 2 aromatic carbocycles. The highest BCUT2D eigenvalue weighted by Crippen LogP contribution is 2.41. The quantitative estimate of drug-likeness (QED) is 0.309. The van der Waals surface area contributed by atoms with E-state index in [0.717, 1.165) is 52.7 Å². The number of rotatable bonds is 10. The number of ether oxygens (including phenoxy) is 3. The molecule has 1 aliphatic rings. The van der Waals surface area contributed by atoms with Crippen LogP contribution >= 0.6 is 11.3 Å². The number of thiophene rings is 1. The van der Waals surface area contributed by atoms with Crippen molar-refractivity contribution in [2.24, 2.45) is 0 Å². The Labute approximate surface area is 213 Å². The zero-order chi connectivity index (χ0) is 25.1. The lowest BCUT2D eigenvalue weighted by molar-refractivity contribution is 0.0951. The van der Waals surface area contributed by atoms with E-state index >= 15 is 0 Å². The van der Waals surface area contributed by atoms with Gasteiger partial charge in [-0.25, -0.2) is 9.97 Å². The number of methoxy groups -OCH3 is 3.